The summed E-state index contributed by atoms with van der Waals surface area (Å²) in [5.41, 5.74) is 0.402. The predicted octanol–water partition coefficient (Wildman–Crippen LogP) is 4.19. The van der Waals surface area contributed by atoms with Crippen molar-refractivity contribution < 1.29 is 4.92 Å². The number of thiophene rings is 1. The van der Waals surface area contributed by atoms with Crippen molar-refractivity contribution in [3.05, 3.63) is 47.8 Å². The second-order valence-electron chi connectivity index (χ2n) is 3.36. The van der Waals surface area contributed by atoms with Crippen LogP contribution in [0.5, 0.6) is 0 Å². The van der Waals surface area contributed by atoms with Crippen LogP contribution in [0.15, 0.2) is 32.8 Å². The van der Waals surface area contributed by atoms with Gasteiger partial charge in [0.25, 0.3) is 0 Å². The number of pyridine rings is 1. The number of hydrogen-bond acceptors (Lipinski definition) is 5. The normalized spacial score (nSPS) is 10.3. The van der Waals surface area contributed by atoms with Crippen LogP contribution in [-0.4, -0.2) is 9.91 Å². The molecule has 0 atom stereocenters. The number of aromatic nitrogens is 1. The number of nitro groups is 1. The molecule has 0 saturated carbocycles. The van der Waals surface area contributed by atoms with Crippen molar-refractivity contribution in [1.29, 1.82) is 0 Å². The smallest absolute Gasteiger partial charge is 0.311 e. The van der Waals surface area contributed by atoms with Crippen LogP contribution in [0.25, 0.3) is 0 Å². The summed E-state index contributed by atoms with van der Waals surface area (Å²) in [7, 11) is 0. The van der Waals surface area contributed by atoms with E-state index in [1.165, 1.54) is 12.4 Å². The van der Waals surface area contributed by atoms with Crippen LogP contribution in [0.3, 0.4) is 0 Å². The Morgan fingerprint density at radius 2 is 2.22 bits per heavy atom. The molecule has 0 fully saturated rings. The molecule has 1 N–H and O–H groups in total. The SMILES string of the molecule is O=[N+]([O-])c1cncc(Br)c1NCc1cc(Br)cs1. The lowest BCUT2D eigenvalue weighted by Gasteiger charge is -2.07. The van der Waals surface area contributed by atoms with Crippen LogP contribution in [0.2, 0.25) is 0 Å². The quantitative estimate of drug-likeness (QED) is 0.625. The van der Waals surface area contributed by atoms with E-state index < -0.39 is 4.92 Å². The molecule has 0 amide bonds. The Kier molecular flexibility index (Phi) is 4.31. The monoisotopic (exact) mass is 391 g/mol. The van der Waals surface area contributed by atoms with Gasteiger partial charge in [0.2, 0.25) is 0 Å². The molecule has 0 bridgehead atoms. The molecule has 0 saturated heterocycles. The molecule has 2 heterocycles. The Bertz CT molecular complexity index is 588. The molecule has 0 aliphatic rings. The minimum Gasteiger partial charge on any atom is -0.374 e. The first-order chi connectivity index (χ1) is 8.58. The van der Waals surface area contributed by atoms with Gasteiger partial charge in [0.15, 0.2) is 0 Å². The Balaban J connectivity index is 2.20. The summed E-state index contributed by atoms with van der Waals surface area (Å²) >= 11 is 8.20. The van der Waals surface area contributed by atoms with E-state index in [2.05, 4.69) is 42.2 Å². The summed E-state index contributed by atoms with van der Waals surface area (Å²) in [4.78, 5) is 15.3. The van der Waals surface area contributed by atoms with Gasteiger partial charge in [0, 0.05) is 27.5 Å². The van der Waals surface area contributed by atoms with E-state index >= 15 is 0 Å². The average Bonchev–Trinajstić information content (AvgIpc) is 2.73. The number of hydrogen-bond donors (Lipinski definition) is 1. The van der Waals surface area contributed by atoms with E-state index in [0.717, 1.165) is 9.35 Å². The summed E-state index contributed by atoms with van der Waals surface area (Å²) in [6.07, 6.45) is 2.76. The van der Waals surface area contributed by atoms with Gasteiger partial charge in [0.05, 0.1) is 9.40 Å². The summed E-state index contributed by atoms with van der Waals surface area (Å²) in [5, 5.41) is 15.9. The molecule has 2 aromatic heterocycles. The maximum absolute atomic E-state index is 10.9. The lowest BCUT2D eigenvalue weighted by Crippen LogP contribution is -2.02. The Morgan fingerprint density at radius 1 is 1.44 bits per heavy atom. The molecule has 0 aromatic carbocycles. The molecule has 0 radical (unpaired) electrons. The molecule has 0 aliphatic heterocycles. The van der Waals surface area contributed by atoms with Gasteiger partial charge in [-0.1, -0.05) is 0 Å². The van der Waals surface area contributed by atoms with Crippen molar-refractivity contribution in [3.8, 4) is 0 Å². The van der Waals surface area contributed by atoms with E-state index in [1.54, 1.807) is 11.3 Å². The van der Waals surface area contributed by atoms with Gasteiger partial charge in [-0.2, -0.15) is 0 Å². The summed E-state index contributed by atoms with van der Waals surface area (Å²) in [5.74, 6) is 0. The predicted molar refractivity (Wildman–Crippen MR) is 77.9 cm³/mol. The van der Waals surface area contributed by atoms with Crippen molar-refractivity contribution in [2.45, 2.75) is 6.54 Å². The summed E-state index contributed by atoms with van der Waals surface area (Å²) in [6.45, 7) is 0.527. The van der Waals surface area contributed by atoms with Crippen LogP contribution < -0.4 is 5.32 Å². The Hall–Kier alpha value is -0.990. The molecular formula is C10H7Br2N3O2S. The van der Waals surface area contributed by atoms with Crippen molar-refractivity contribution in [3.63, 3.8) is 0 Å². The van der Waals surface area contributed by atoms with Crippen LogP contribution >= 0.6 is 43.2 Å². The topological polar surface area (TPSA) is 68.1 Å². The van der Waals surface area contributed by atoms with Crippen molar-refractivity contribution in [1.82, 2.24) is 4.98 Å². The highest BCUT2D eigenvalue weighted by atomic mass is 79.9. The molecule has 2 aromatic rings. The number of anilines is 1. The zero-order chi connectivity index (χ0) is 13.1. The highest BCUT2D eigenvalue weighted by Crippen LogP contribution is 2.32. The highest BCUT2D eigenvalue weighted by molar-refractivity contribution is 9.10. The molecule has 0 unspecified atom stereocenters. The van der Waals surface area contributed by atoms with E-state index in [1.807, 2.05) is 11.4 Å². The van der Waals surface area contributed by atoms with Gasteiger partial charge >= 0.3 is 5.69 Å². The second kappa shape index (κ2) is 5.77. The fourth-order valence-electron chi connectivity index (χ4n) is 1.36. The van der Waals surface area contributed by atoms with Crippen LogP contribution in [-0.2, 0) is 6.54 Å². The zero-order valence-corrected chi connectivity index (χ0v) is 12.9. The van der Waals surface area contributed by atoms with E-state index in [4.69, 9.17) is 0 Å². The van der Waals surface area contributed by atoms with Gasteiger partial charge in [0.1, 0.15) is 11.9 Å². The Morgan fingerprint density at radius 3 is 2.83 bits per heavy atom. The molecule has 5 nitrogen and oxygen atoms in total. The van der Waals surface area contributed by atoms with Crippen molar-refractivity contribution in [2.75, 3.05) is 5.32 Å². The first-order valence-corrected chi connectivity index (χ1v) is 7.29. The summed E-state index contributed by atoms with van der Waals surface area (Å²) < 4.78 is 1.58. The first-order valence-electron chi connectivity index (χ1n) is 4.82. The molecule has 94 valence electrons. The van der Waals surface area contributed by atoms with Gasteiger partial charge in [-0.3, -0.25) is 15.1 Å². The molecule has 18 heavy (non-hydrogen) atoms. The Labute approximate surface area is 124 Å². The van der Waals surface area contributed by atoms with Gasteiger partial charge in [-0.25, -0.2) is 0 Å². The maximum Gasteiger partial charge on any atom is 0.311 e. The van der Waals surface area contributed by atoms with Gasteiger partial charge in [-0.05, 0) is 37.9 Å². The third-order valence-electron chi connectivity index (χ3n) is 2.14. The number of nitrogens with one attached hydrogen (secondary N) is 1. The largest absolute Gasteiger partial charge is 0.374 e. The summed E-state index contributed by atoms with van der Waals surface area (Å²) in [6, 6.07) is 1.97. The minimum absolute atomic E-state index is 0.0417. The molecule has 8 heteroatoms. The van der Waals surface area contributed by atoms with Crippen LogP contribution in [0.4, 0.5) is 11.4 Å². The maximum atomic E-state index is 10.9. The average molecular weight is 393 g/mol. The standard InChI is InChI=1S/C10H7Br2N3O2S/c11-6-1-7(18-5-6)2-14-10-8(12)3-13-4-9(10)15(16)17/h1,3-5H,2H2,(H,13,14). The first kappa shape index (κ1) is 13.4. The fraction of sp³-hybridized carbons (Fsp3) is 0.100. The lowest BCUT2D eigenvalue weighted by molar-refractivity contribution is -0.384. The fourth-order valence-corrected chi connectivity index (χ4v) is 3.21. The number of nitrogens with zero attached hydrogens (tertiary/aromatic N) is 2. The highest BCUT2D eigenvalue weighted by Gasteiger charge is 2.17. The van der Waals surface area contributed by atoms with E-state index in [9.17, 15) is 10.1 Å². The minimum atomic E-state index is -0.454. The second-order valence-corrected chi connectivity index (χ2v) is 6.12. The van der Waals surface area contributed by atoms with Crippen molar-refractivity contribution in [2.24, 2.45) is 0 Å². The lowest BCUT2D eigenvalue weighted by atomic mass is 10.3. The van der Waals surface area contributed by atoms with Crippen molar-refractivity contribution >= 4 is 54.6 Å². The molecule has 0 aliphatic carbocycles. The third kappa shape index (κ3) is 3.06. The molecular weight excluding hydrogens is 386 g/mol. The molecule has 0 spiro atoms. The number of rotatable bonds is 4. The van der Waals surface area contributed by atoms with Crippen LogP contribution in [0, 0.1) is 10.1 Å². The number of halogens is 2. The van der Waals surface area contributed by atoms with Crippen LogP contribution in [0.1, 0.15) is 4.88 Å². The van der Waals surface area contributed by atoms with Gasteiger partial charge in [-0.15, -0.1) is 11.3 Å². The third-order valence-corrected chi connectivity index (χ3v) is 4.44. The van der Waals surface area contributed by atoms with E-state index in [-0.39, 0.29) is 5.69 Å². The van der Waals surface area contributed by atoms with Gasteiger partial charge < -0.3 is 5.32 Å². The van der Waals surface area contributed by atoms with E-state index in [0.29, 0.717) is 16.7 Å². The zero-order valence-electron chi connectivity index (χ0n) is 8.89. The molecule has 2 rings (SSSR count).